The summed E-state index contributed by atoms with van der Waals surface area (Å²) < 4.78 is 5.44. The molecule has 1 fully saturated rings. The van der Waals surface area contributed by atoms with Crippen LogP contribution in [0.3, 0.4) is 0 Å². The van der Waals surface area contributed by atoms with Gasteiger partial charge in [-0.1, -0.05) is 5.16 Å². The quantitative estimate of drug-likeness (QED) is 0.576. The van der Waals surface area contributed by atoms with E-state index in [-0.39, 0.29) is 6.10 Å². The molecule has 16 heavy (non-hydrogen) atoms. The van der Waals surface area contributed by atoms with Crippen LogP contribution in [0.15, 0.2) is 29.7 Å². The van der Waals surface area contributed by atoms with Gasteiger partial charge in [0, 0.05) is 24.6 Å². The van der Waals surface area contributed by atoms with Crippen LogP contribution in [0, 0.1) is 0 Å². The highest BCUT2D eigenvalue weighted by atomic mass is 16.6. The molecule has 86 valence electrons. The van der Waals surface area contributed by atoms with Crippen molar-refractivity contribution >= 4 is 5.71 Å². The molecule has 1 aliphatic rings. The van der Waals surface area contributed by atoms with Crippen molar-refractivity contribution in [1.82, 2.24) is 4.98 Å². The first-order chi connectivity index (χ1) is 7.86. The van der Waals surface area contributed by atoms with Gasteiger partial charge in [0.25, 0.3) is 0 Å². The van der Waals surface area contributed by atoms with E-state index in [1.165, 1.54) is 0 Å². The van der Waals surface area contributed by atoms with Crippen LogP contribution in [0.5, 0.6) is 0 Å². The van der Waals surface area contributed by atoms with Crippen molar-refractivity contribution in [3.05, 3.63) is 30.1 Å². The van der Waals surface area contributed by atoms with E-state index >= 15 is 0 Å². The van der Waals surface area contributed by atoms with E-state index in [1.54, 1.807) is 12.4 Å². The molecule has 0 aliphatic carbocycles. The molecule has 0 saturated carbocycles. The van der Waals surface area contributed by atoms with Gasteiger partial charge in [-0.05, 0) is 31.9 Å². The van der Waals surface area contributed by atoms with E-state index in [9.17, 15) is 0 Å². The lowest BCUT2D eigenvalue weighted by atomic mass is 10.2. The first-order valence-electron chi connectivity index (χ1n) is 5.55. The van der Waals surface area contributed by atoms with Gasteiger partial charge in [-0.2, -0.15) is 0 Å². The van der Waals surface area contributed by atoms with E-state index in [1.807, 2.05) is 19.1 Å². The molecule has 1 unspecified atom stereocenters. The number of hydrogen-bond acceptors (Lipinski definition) is 4. The van der Waals surface area contributed by atoms with Crippen molar-refractivity contribution in [3.63, 3.8) is 0 Å². The van der Waals surface area contributed by atoms with Gasteiger partial charge in [-0.25, -0.2) is 0 Å². The van der Waals surface area contributed by atoms with E-state index in [0.29, 0.717) is 6.61 Å². The third kappa shape index (κ3) is 3.03. The lowest BCUT2D eigenvalue weighted by molar-refractivity contribution is 0.0196. The maximum Gasteiger partial charge on any atom is 0.143 e. The van der Waals surface area contributed by atoms with Gasteiger partial charge in [0.2, 0.25) is 0 Å². The first kappa shape index (κ1) is 11.1. The van der Waals surface area contributed by atoms with E-state index < -0.39 is 0 Å². The molecule has 1 aliphatic heterocycles. The Balaban J connectivity index is 1.82. The van der Waals surface area contributed by atoms with Gasteiger partial charge >= 0.3 is 0 Å². The Labute approximate surface area is 95.3 Å². The van der Waals surface area contributed by atoms with Crippen LogP contribution in [-0.4, -0.2) is 30.0 Å². The lowest BCUT2D eigenvalue weighted by Gasteiger charge is -2.07. The number of oxime groups is 1. The van der Waals surface area contributed by atoms with Crippen molar-refractivity contribution < 1.29 is 9.57 Å². The number of hydrogen-bond donors (Lipinski definition) is 0. The van der Waals surface area contributed by atoms with Crippen LogP contribution in [0.4, 0.5) is 0 Å². The average Bonchev–Trinajstić information content (AvgIpc) is 2.83. The zero-order valence-corrected chi connectivity index (χ0v) is 9.43. The first-order valence-corrected chi connectivity index (χ1v) is 5.55. The summed E-state index contributed by atoms with van der Waals surface area (Å²) in [6.45, 7) is 3.31. The normalized spacial score (nSPS) is 21.1. The summed E-state index contributed by atoms with van der Waals surface area (Å²) in [5, 5.41) is 4.07. The Bertz CT molecular complexity index is 345. The molecule has 4 nitrogen and oxygen atoms in total. The fourth-order valence-corrected chi connectivity index (χ4v) is 1.64. The maximum atomic E-state index is 5.44. The monoisotopic (exact) mass is 220 g/mol. The second-order valence-corrected chi connectivity index (χ2v) is 3.84. The zero-order chi connectivity index (χ0) is 11.2. The molecule has 0 aromatic carbocycles. The second kappa shape index (κ2) is 5.61. The van der Waals surface area contributed by atoms with Crippen LogP contribution >= 0.6 is 0 Å². The predicted octanol–water partition coefficient (Wildman–Crippen LogP) is 2.00. The summed E-state index contributed by atoms with van der Waals surface area (Å²) >= 11 is 0. The summed E-state index contributed by atoms with van der Waals surface area (Å²) in [6, 6.07) is 3.82. The Morgan fingerprint density at radius 1 is 1.56 bits per heavy atom. The molecule has 2 rings (SSSR count). The Morgan fingerprint density at radius 3 is 3.06 bits per heavy atom. The largest absolute Gasteiger partial charge is 0.393 e. The average molecular weight is 220 g/mol. The molecule has 0 amide bonds. The van der Waals surface area contributed by atoms with Gasteiger partial charge in [-0.3, -0.25) is 4.98 Å². The molecule has 1 aromatic rings. The smallest absolute Gasteiger partial charge is 0.143 e. The minimum absolute atomic E-state index is 0.217. The number of nitrogens with zero attached hydrogens (tertiary/aromatic N) is 2. The van der Waals surface area contributed by atoms with Crippen LogP contribution in [-0.2, 0) is 9.57 Å². The highest BCUT2D eigenvalue weighted by molar-refractivity contribution is 5.98. The molecular formula is C12H16N2O2. The fourth-order valence-electron chi connectivity index (χ4n) is 1.64. The van der Waals surface area contributed by atoms with Gasteiger partial charge in [0.15, 0.2) is 0 Å². The Morgan fingerprint density at radius 2 is 2.38 bits per heavy atom. The molecule has 1 saturated heterocycles. The highest BCUT2D eigenvalue weighted by Gasteiger charge is 2.15. The molecule has 2 heterocycles. The van der Waals surface area contributed by atoms with Crippen molar-refractivity contribution in [2.45, 2.75) is 25.9 Å². The number of pyridine rings is 1. The topological polar surface area (TPSA) is 43.7 Å². The van der Waals surface area contributed by atoms with Crippen LogP contribution in [0.25, 0.3) is 0 Å². The lowest BCUT2D eigenvalue weighted by Crippen LogP contribution is -2.12. The number of aromatic nitrogens is 1. The summed E-state index contributed by atoms with van der Waals surface area (Å²) in [4.78, 5) is 9.23. The summed E-state index contributed by atoms with van der Waals surface area (Å²) in [7, 11) is 0. The molecule has 0 spiro atoms. The third-order valence-corrected chi connectivity index (χ3v) is 2.58. The predicted molar refractivity (Wildman–Crippen MR) is 61.4 cm³/mol. The van der Waals surface area contributed by atoms with Gasteiger partial charge < -0.3 is 9.57 Å². The van der Waals surface area contributed by atoms with Gasteiger partial charge in [-0.15, -0.1) is 0 Å². The van der Waals surface area contributed by atoms with Crippen molar-refractivity contribution in [3.8, 4) is 0 Å². The van der Waals surface area contributed by atoms with Gasteiger partial charge in [0.1, 0.15) is 6.61 Å². The minimum atomic E-state index is 0.217. The molecule has 1 atom stereocenters. The molecule has 0 bridgehead atoms. The third-order valence-electron chi connectivity index (χ3n) is 2.58. The Hall–Kier alpha value is -1.42. The van der Waals surface area contributed by atoms with E-state index in [2.05, 4.69) is 10.1 Å². The summed E-state index contributed by atoms with van der Waals surface area (Å²) in [6.07, 6.45) is 5.90. The molecule has 0 N–H and O–H groups in total. The Kier molecular flexibility index (Phi) is 3.88. The van der Waals surface area contributed by atoms with Crippen molar-refractivity contribution in [1.29, 1.82) is 0 Å². The van der Waals surface area contributed by atoms with Crippen LogP contribution in [0.2, 0.25) is 0 Å². The molecular weight excluding hydrogens is 204 g/mol. The van der Waals surface area contributed by atoms with Crippen LogP contribution < -0.4 is 0 Å². The van der Waals surface area contributed by atoms with Gasteiger partial charge in [0.05, 0.1) is 11.8 Å². The number of ether oxygens (including phenoxy) is 1. The SMILES string of the molecule is C/C(=N\OCC1CCCO1)c1ccncc1. The minimum Gasteiger partial charge on any atom is -0.393 e. The summed E-state index contributed by atoms with van der Waals surface area (Å²) in [5.74, 6) is 0. The number of rotatable bonds is 4. The highest BCUT2D eigenvalue weighted by Crippen LogP contribution is 2.12. The van der Waals surface area contributed by atoms with Crippen LogP contribution in [0.1, 0.15) is 25.3 Å². The van der Waals surface area contributed by atoms with E-state index in [0.717, 1.165) is 30.7 Å². The van der Waals surface area contributed by atoms with Crippen molar-refractivity contribution in [2.75, 3.05) is 13.2 Å². The van der Waals surface area contributed by atoms with Crippen molar-refractivity contribution in [2.24, 2.45) is 5.16 Å². The molecule has 0 radical (unpaired) electrons. The second-order valence-electron chi connectivity index (χ2n) is 3.84. The standard InChI is InChI=1S/C12H16N2O2/c1-10(11-4-6-13-7-5-11)14-16-9-12-3-2-8-15-12/h4-7,12H,2-3,8-9H2,1H3/b14-10+. The molecule has 4 heteroatoms. The van der Waals surface area contributed by atoms with E-state index in [4.69, 9.17) is 9.57 Å². The maximum absolute atomic E-state index is 5.44. The fraction of sp³-hybridized carbons (Fsp3) is 0.500. The zero-order valence-electron chi connectivity index (χ0n) is 9.43. The molecule has 1 aromatic heterocycles. The summed E-state index contributed by atoms with van der Waals surface area (Å²) in [5.41, 5.74) is 1.89.